The van der Waals surface area contributed by atoms with Gasteiger partial charge < -0.3 is 10.8 Å². The van der Waals surface area contributed by atoms with E-state index >= 15 is 0 Å². The van der Waals surface area contributed by atoms with Crippen LogP contribution >= 0.6 is 0 Å². The molecule has 0 unspecified atom stereocenters. The Balaban J connectivity index is 2.57. The van der Waals surface area contributed by atoms with Gasteiger partial charge in [-0.15, -0.1) is 0 Å². The molecule has 1 aliphatic carbocycles. The molecule has 0 spiro atoms. The minimum Gasteiger partial charge on any atom is -0.480 e. The van der Waals surface area contributed by atoms with Gasteiger partial charge in [0.2, 0.25) is 0 Å². The molecule has 0 heterocycles. The molecule has 1 saturated carbocycles. The van der Waals surface area contributed by atoms with E-state index in [1.54, 1.807) is 0 Å². The van der Waals surface area contributed by atoms with Gasteiger partial charge in [-0.05, 0) is 25.2 Å². The highest BCUT2D eigenvalue weighted by molar-refractivity contribution is 5.79. The SMILES string of the molecule is CCCC[C@H]1CCC[C@@]1(N)C(=O)O. The minimum atomic E-state index is -0.921. The van der Waals surface area contributed by atoms with Crippen LogP contribution in [0, 0.1) is 5.92 Å². The minimum absolute atomic E-state index is 0.199. The third-order valence-electron chi connectivity index (χ3n) is 3.18. The molecule has 0 aromatic carbocycles. The first-order chi connectivity index (χ1) is 6.11. The largest absolute Gasteiger partial charge is 0.480 e. The summed E-state index contributed by atoms with van der Waals surface area (Å²) in [7, 11) is 0. The standard InChI is InChI=1S/C10H19NO2/c1-2-3-5-8-6-4-7-10(8,11)9(12)13/h8H,2-7,11H2,1H3,(H,12,13)/t8-,10-/m0/s1. The van der Waals surface area contributed by atoms with Gasteiger partial charge in [0.15, 0.2) is 0 Å². The van der Waals surface area contributed by atoms with Gasteiger partial charge in [-0.25, -0.2) is 0 Å². The lowest BCUT2D eigenvalue weighted by Gasteiger charge is -2.26. The lowest BCUT2D eigenvalue weighted by molar-refractivity contribution is -0.144. The van der Waals surface area contributed by atoms with Gasteiger partial charge in [0, 0.05) is 0 Å². The molecule has 0 aromatic heterocycles. The van der Waals surface area contributed by atoms with Crippen molar-refractivity contribution in [3.63, 3.8) is 0 Å². The van der Waals surface area contributed by atoms with Gasteiger partial charge in [0.1, 0.15) is 5.54 Å². The molecular weight excluding hydrogens is 166 g/mol. The molecule has 0 aromatic rings. The average Bonchev–Trinajstić information content (AvgIpc) is 2.45. The quantitative estimate of drug-likeness (QED) is 0.701. The third-order valence-corrected chi connectivity index (χ3v) is 3.18. The summed E-state index contributed by atoms with van der Waals surface area (Å²) in [5.41, 5.74) is 4.97. The molecule has 13 heavy (non-hydrogen) atoms. The summed E-state index contributed by atoms with van der Waals surface area (Å²) in [6.45, 7) is 2.12. The van der Waals surface area contributed by atoms with E-state index in [1.165, 1.54) is 0 Å². The van der Waals surface area contributed by atoms with Crippen molar-refractivity contribution in [2.75, 3.05) is 0 Å². The zero-order valence-electron chi connectivity index (χ0n) is 8.25. The van der Waals surface area contributed by atoms with Crippen LogP contribution in [0.2, 0.25) is 0 Å². The van der Waals surface area contributed by atoms with E-state index in [2.05, 4.69) is 6.92 Å². The normalized spacial score (nSPS) is 33.5. The molecule has 0 amide bonds. The highest BCUT2D eigenvalue weighted by Gasteiger charge is 2.45. The Morgan fingerprint density at radius 2 is 2.38 bits per heavy atom. The summed E-state index contributed by atoms with van der Waals surface area (Å²) in [6.07, 6.45) is 5.79. The lowest BCUT2D eigenvalue weighted by atomic mass is 9.84. The highest BCUT2D eigenvalue weighted by Crippen LogP contribution is 2.37. The number of unbranched alkanes of at least 4 members (excludes halogenated alkanes) is 1. The molecule has 3 nitrogen and oxygen atoms in total. The second-order valence-corrected chi connectivity index (χ2v) is 4.08. The molecule has 0 saturated heterocycles. The molecular formula is C10H19NO2. The number of hydrogen-bond donors (Lipinski definition) is 2. The van der Waals surface area contributed by atoms with Crippen LogP contribution < -0.4 is 5.73 Å². The second kappa shape index (κ2) is 4.09. The first-order valence-electron chi connectivity index (χ1n) is 5.13. The first-order valence-corrected chi connectivity index (χ1v) is 5.13. The summed E-state index contributed by atoms with van der Waals surface area (Å²) in [4.78, 5) is 11.0. The molecule has 76 valence electrons. The van der Waals surface area contributed by atoms with E-state index in [0.29, 0.717) is 6.42 Å². The summed E-state index contributed by atoms with van der Waals surface area (Å²) in [5.74, 6) is -0.615. The van der Waals surface area contributed by atoms with Crippen molar-refractivity contribution in [2.24, 2.45) is 11.7 Å². The molecule has 0 radical (unpaired) electrons. The molecule has 0 aliphatic heterocycles. The fraction of sp³-hybridized carbons (Fsp3) is 0.900. The fourth-order valence-corrected chi connectivity index (χ4v) is 2.24. The number of carboxylic acid groups (broad SMARTS) is 1. The van der Waals surface area contributed by atoms with Crippen LogP contribution in [-0.4, -0.2) is 16.6 Å². The van der Waals surface area contributed by atoms with Crippen LogP contribution in [-0.2, 0) is 4.79 Å². The number of nitrogens with two attached hydrogens (primary N) is 1. The smallest absolute Gasteiger partial charge is 0.323 e. The summed E-state index contributed by atoms with van der Waals surface area (Å²) in [6, 6.07) is 0. The van der Waals surface area contributed by atoms with Crippen LogP contribution in [0.15, 0.2) is 0 Å². The van der Waals surface area contributed by atoms with Crippen LogP contribution in [0.3, 0.4) is 0 Å². The lowest BCUT2D eigenvalue weighted by Crippen LogP contribution is -2.50. The van der Waals surface area contributed by atoms with Crippen molar-refractivity contribution in [3.05, 3.63) is 0 Å². The van der Waals surface area contributed by atoms with Gasteiger partial charge in [0.05, 0.1) is 0 Å². The number of aliphatic carboxylic acids is 1. The molecule has 3 heteroatoms. The topological polar surface area (TPSA) is 63.3 Å². The summed E-state index contributed by atoms with van der Waals surface area (Å²) >= 11 is 0. The van der Waals surface area contributed by atoms with Crippen molar-refractivity contribution in [1.82, 2.24) is 0 Å². The summed E-state index contributed by atoms with van der Waals surface area (Å²) in [5, 5.41) is 9.02. The Hall–Kier alpha value is -0.570. The number of hydrogen-bond acceptors (Lipinski definition) is 2. The van der Waals surface area contributed by atoms with Gasteiger partial charge >= 0.3 is 5.97 Å². The first kappa shape index (κ1) is 10.5. The Bertz CT molecular complexity index is 193. The molecule has 1 aliphatic rings. The Kier molecular flexibility index (Phi) is 3.31. The van der Waals surface area contributed by atoms with Crippen molar-refractivity contribution < 1.29 is 9.90 Å². The molecule has 1 rings (SSSR count). The predicted molar refractivity (Wildman–Crippen MR) is 51.4 cm³/mol. The van der Waals surface area contributed by atoms with Crippen LogP contribution in [0.25, 0.3) is 0 Å². The number of carboxylic acids is 1. The van der Waals surface area contributed by atoms with E-state index in [4.69, 9.17) is 10.8 Å². The van der Waals surface area contributed by atoms with Crippen LogP contribution in [0.5, 0.6) is 0 Å². The third kappa shape index (κ3) is 2.02. The van der Waals surface area contributed by atoms with E-state index in [-0.39, 0.29) is 5.92 Å². The van der Waals surface area contributed by atoms with E-state index < -0.39 is 11.5 Å². The van der Waals surface area contributed by atoms with E-state index in [1.807, 2.05) is 0 Å². The predicted octanol–water partition coefficient (Wildman–Crippen LogP) is 1.76. The average molecular weight is 185 g/mol. The Labute approximate surface area is 79.3 Å². The maximum atomic E-state index is 11.0. The van der Waals surface area contributed by atoms with E-state index in [9.17, 15) is 4.79 Å². The van der Waals surface area contributed by atoms with Crippen molar-refractivity contribution in [2.45, 2.75) is 51.0 Å². The molecule has 3 N–H and O–H groups in total. The van der Waals surface area contributed by atoms with Crippen molar-refractivity contribution >= 4 is 5.97 Å². The highest BCUT2D eigenvalue weighted by atomic mass is 16.4. The van der Waals surface area contributed by atoms with Gasteiger partial charge in [0.25, 0.3) is 0 Å². The number of carbonyl (C=O) groups is 1. The fourth-order valence-electron chi connectivity index (χ4n) is 2.24. The zero-order valence-corrected chi connectivity index (χ0v) is 8.25. The zero-order chi connectivity index (χ0) is 9.90. The van der Waals surface area contributed by atoms with Gasteiger partial charge in [-0.3, -0.25) is 4.79 Å². The molecule has 1 fully saturated rings. The second-order valence-electron chi connectivity index (χ2n) is 4.08. The Morgan fingerprint density at radius 3 is 2.92 bits per heavy atom. The van der Waals surface area contributed by atoms with Crippen molar-refractivity contribution in [3.8, 4) is 0 Å². The maximum Gasteiger partial charge on any atom is 0.323 e. The number of rotatable bonds is 4. The van der Waals surface area contributed by atoms with Gasteiger partial charge in [-0.1, -0.05) is 26.2 Å². The van der Waals surface area contributed by atoms with Crippen LogP contribution in [0.1, 0.15) is 45.4 Å². The van der Waals surface area contributed by atoms with Crippen LogP contribution in [0.4, 0.5) is 0 Å². The van der Waals surface area contributed by atoms with Gasteiger partial charge in [-0.2, -0.15) is 0 Å². The maximum absolute atomic E-state index is 11.0. The Morgan fingerprint density at radius 1 is 1.69 bits per heavy atom. The monoisotopic (exact) mass is 185 g/mol. The van der Waals surface area contributed by atoms with E-state index in [0.717, 1.165) is 32.1 Å². The molecule has 2 atom stereocenters. The molecule has 0 bridgehead atoms. The summed E-state index contributed by atoms with van der Waals surface area (Å²) < 4.78 is 0. The van der Waals surface area contributed by atoms with Crippen molar-refractivity contribution in [1.29, 1.82) is 0 Å².